The van der Waals surface area contributed by atoms with Gasteiger partial charge in [0.15, 0.2) is 5.65 Å². The van der Waals surface area contributed by atoms with Crippen molar-refractivity contribution in [1.82, 2.24) is 29.1 Å². The quantitative estimate of drug-likeness (QED) is 0.325. The van der Waals surface area contributed by atoms with Crippen LogP contribution in [0.25, 0.3) is 22.4 Å². The molecule has 29 heavy (non-hydrogen) atoms. The number of benzene rings is 1. The summed E-state index contributed by atoms with van der Waals surface area (Å²) in [6.07, 6.45) is 4.85. The highest BCUT2D eigenvalue weighted by molar-refractivity contribution is 7.98. The molecule has 0 fully saturated rings. The van der Waals surface area contributed by atoms with Crippen molar-refractivity contribution < 1.29 is 0 Å². The first-order chi connectivity index (χ1) is 14.2. The van der Waals surface area contributed by atoms with Gasteiger partial charge in [0, 0.05) is 18.0 Å². The number of pyridine rings is 1. The molecule has 0 unspecified atom stereocenters. The van der Waals surface area contributed by atoms with E-state index < -0.39 is 0 Å². The van der Waals surface area contributed by atoms with Gasteiger partial charge in [-0.05, 0) is 24.3 Å². The molecule has 142 valence electrons. The lowest BCUT2D eigenvalue weighted by Gasteiger charge is -2.05. The monoisotopic (exact) mass is 420 g/mol. The number of hydrogen-bond donors (Lipinski definition) is 0. The average molecular weight is 421 g/mol. The minimum Gasteiger partial charge on any atom is -0.269 e. The molecule has 0 N–H and O–H groups in total. The number of nitrogens with zero attached hydrogens (tertiary/aromatic N) is 6. The molecule has 0 spiro atoms. The Morgan fingerprint density at radius 2 is 1.93 bits per heavy atom. The molecule has 4 heterocycles. The van der Waals surface area contributed by atoms with Crippen molar-refractivity contribution in [2.45, 2.75) is 10.8 Å². The van der Waals surface area contributed by atoms with Gasteiger partial charge < -0.3 is 0 Å². The van der Waals surface area contributed by atoms with Crippen molar-refractivity contribution >= 4 is 40.0 Å². The van der Waals surface area contributed by atoms with Crippen LogP contribution < -0.4 is 5.56 Å². The van der Waals surface area contributed by atoms with E-state index in [-0.39, 0.29) is 5.56 Å². The molecule has 7 nitrogen and oxygen atoms in total. The third-order valence-electron chi connectivity index (χ3n) is 4.36. The normalized spacial score (nSPS) is 11.3. The molecule has 0 atom stereocenters. The Labute approximate surface area is 174 Å². The van der Waals surface area contributed by atoms with Gasteiger partial charge in [-0.15, -0.1) is 0 Å². The van der Waals surface area contributed by atoms with E-state index in [4.69, 9.17) is 11.6 Å². The maximum Gasteiger partial charge on any atom is 0.258 e. The van der Waals surface area contributed by atoms with Crippen molar-refractivity contribution in [2.75, 3.05) is 0 Å². The van der Waals surface area contributed by atoms with E-state index in [0.717, 1.165) is 21.7 Å². The Kier molecular flexibility index (Phi) is 4.49. The molecule has 0 bridgehead atoms. The first-order valence-corrected chi connectivity index (χ1v) is 10.1. The number of fused-ring (bicyclic) bond motifs is 2. The highest BCUT2D eigenvalue weighted by Crippen LogP contribution is 2.27. The summed E-state index contributed by atoms with van der Waals surface area (Å²) < 4.78 is 3.22. The van der Waals surface area contributed by atoms with Crippen LogP contribution in [-0.4, -0.2) is 29.1 Å². The first kappa shape index (κ1) is 17.8. The van der Waals surface area contributed by atoms with Gasteiger partial charge in [-0.1, -0.05) is 41.6 Å². The second kappa shape index (κ2) is 7.31. The Hall–Kier alpha value is -3.23. The zero-order chi connectivity index (χ0) is 19.8. The molecule has 0 aliphatic heterocycles. The molecule has 0 saturated carbocycles. The lowest BCUT2D eigenvalue weighted by atomic mass is 10.3. The van der Waals surface area contributed by atoms with Crippen LogP contribution in [-0.2, 0) is 5.75 Å². The van der Waals surface area contributed by atoms with Gasteiger partial charge in [-0.3, -0.25) is 9.20 Å². The minimum absolute atomic E-state index is 0.169. The van der Waals surface area contributed by atoms with Crippen molar-refractivity contribution in [2.24, 2.45) is 0 Å². The number of hydrogen-bond acceptors (Lipinski definition) is 6. The minimum atomic E-state index is -0.169. The van der Waals surface area contributed by atoms with Crippen molar-refractivity contribution in [3.63, 3.8) is 0 Å². The van der Waals surface area contributed by atoms with E-state index in [1.807, 2.05) is 30.3 Å². The lowest BCUT2D eigenvalue weighted by Crippen LogP contribution is -2.15. The molecule has 5 rings (SSSR count). The van der Waals surface area contributed by atoms with Crippen LogP contribution in [0.2, 0.25) is 5.02 Å². The van der Waals surface area contributed by atoms with E-state index in [1.54, 1.807) is 29.2 Å². The summed E-state index contributed by atoms with van der Waals surface area (Å²) in [5.74, 6) is 0.497. The highest BCUT2D eigenvalue weighted by Gasteiger charge is 2.12. The number of halogens is 1. The Morgan fingerprint density at radius 1 is 1.07 bits per heavy atom. The first-order valence-electron chi connectivity index (χ1n) is 8.74. The molecule has 4 aromatic heterocycles. The number of aromatic nitrogens is 6. The molecular weight excluding hydrogens is 408 g/mol. The number of thioether (sulfide) groups is 1. The molecule has 0 aliphatic rings. The van der Waals surface area contributed by atoms with Gasteiger partial charge in [-0.25, -0.2) is 19.6 Å². The molecule has 0 aliphatic carbocycles. The molecule has 0 amide bonds. The van der Waals surface area contributed by atoms with Crippen LogP contribution in [0.5, 0.6) is 0 Å². The third-order valence-corrected chi connectivity index (χ3v) is 5.63. The van der Waals surface area contributed by atoms with Crippen LogP contribution in [0.1, 0.15) is 5.69 Å². The zero-order valence-corrected chi connectivity index (χ0v) is 16.5. The highest BCUT2D eigenvalue weighted by atomic mass is 35.5. The van der Waals surface area contributed by atoms with Crippen LogP contribution in [0, 0.1) is 0 Å². The summed E-state index contributed by atoms with van der Waals surface area (Å²) >= 11 is 7.45. The second-order valence-electron chi connectivity index (χ2n) is 6.26. The smallest absolute Gasteiger partial charge is 0.258 e. The van der Waals surface area contributed by atoms with E-state index in [1.165, 1.54) is 28.6 Å². The summed E-state index contributed by atoms with van der Waals surface area (Å²) in [5.41, 5.74) is 2.72. The zero-order valence-electron chi connectivity index (χ0n) is 14.9. The number of rotatable bonds is 4. The Morgan fingerprint density at radius 3 is 2.79 bits per heavy atom. The molecule has 0 saturated heterocycles. The molecule has 1 aromatic carbocycles. The summed E-state index contributed by atoms with van der Waals surface area (Å²) in [4.78, 5) is 25.7. The average Bonchev–Trinajstić information content (AvgIpc) is 3.18. The fourth-order valence-corrected chi connectivity index (χ4v) is 4.05. The van der Waals surface area contributed by atoms with Gasteiger partial charge in [-0.2, -0.15) is 5.10 Å². The molecule has 9 heteroatoms. The van der Waals surface area contributed by atoms with E-state index >= 15 is 0 Å². The fourth-order valence-electron chi connectivity index (χ4n) is 3.04. The van der Waals surface area contributed by atoms with Gasteiger partial charge in [0.25, 0.3) is 5.56 Å². The van der Waals surface area contributed by atoms with Crippen LogP contribution >= 0.6 is 23.4 Å². The van der Waals surface area contributed by atoms with Crippen LogP contribution in [0.15, 0.2) is 77.1 Å². The van der Waals surface area contributed by atoms with Gasteiger partial charge >= 0.3 is 0 Å². The van der Waals surface area contributed by atoms with E-state index in [2.05, 4.69) is 20.1 Å². The second-order valence-corrected chi connectivity index (χ2v) is 7.66. The van der Waals surface area contributed by atoms with Crippen molar-refractivity contribution in [3.8, 4) is 5.69 Å². The summed E-state index contributed by atoms with van der Waals surface area (Å²) in [6, 6.07) is 14.8. The summed E-state index contributed by atoms with van der Waals surface area (Å²) in [7, 11) is 0. The Bertz CT molecular complexity index is 1400. The largest absolute Gasteiger partial charge is 0.269 e. The Balaban J connectivity index is 1.47. The topological polar surface area (TPSA) is 78.0 Å². The standard InChI is InChI=1S/C20H13ClN6OS/c21-13-6-7-17-25-14(8-18(28)26(17)10-13)11-29-20-16-9-24-27(19(16)22-12-23-20)15-4-2-1-3-5-15/h1-10,12H,11H2. The molecule has 5 aromatic rings. The summed E-state index contributed by atoms with van der Waals surface area (Å²) in [5, 5.41) is 6.59. The number of para-hydroxylation sites is 1. The molecule has 0 radical (unpaired) electrons. The van der Waals surface area contributed by atoms with Crippen LogP contribution in [0.4, 0.5) is 0 Å². The van der Waals surface area contributed by atoms with Crippen molar-refractivity contribution in [3.05, 3.63) is 88.3 Å². The maximum absolute atomic E-state index is 12.4. The van der Waals surface area contributed by atoms with Gasteiger partial charge in [0.1, 0.15) is 17.0 Å². The molecular formula is C20H13ClN6OS. The maximum atomic E-state index is 12.4. The predicted octanol–water partition coefficient (Wildman–Crippen LogP) is 3.77. The van der Waals surface area contributed by atoms with Gasteiger partial charge in [0.2, 0.25) is 0 Å². The third kappa shape index (κ3) is 3.37. The fraction of sp³-hybridized carbons (Fsp3) is 0.0500. The SMILES string of the molecule is O=c1cc(CSc2ncnc3c2cnn3-c2ccccc2)nc2ccc(Cl)cn12. The summed E-state index contributed by atoms with van der Waals surface area (Å²) in [6.45, 7) is 0. The van der Waals surface area contributed by atoms with Crippen molar-refractivity contribution in [1.29, 1.82) is 0 Å². The lowest BCUT2D eigenvalue weighted by molar-refractivity contribution is 0.893. The van der Waals surface area contributed by atoms with Crippen LogP contribution in [0.3, 0.4) is 0 Å². The predicted molar refractivity (Wildman–Crippen MR) is 113 cm³/mol. The van der Waals surface area contributed by atoms with E-state index in [9.17, 15) is 4.79 Å². The van der Waals surface area contributed by atoms with Gasteiger partial charge in [0.05, 0.1) is 28.0 Å². The van der Waals surface area contributed by atoms with E-state index in [0.29, 0.717) is 22.1 Å².